The lowest BCUT2D eigenvalue weighted by Gasteiger charge is -2.33. The van der Waals surface area contributed by atoms with Crippen molar-refractivity contribution < 1.29 is 19.1 Å². The van der Waals surface area contributed by atoms with Crippen LogP contribution in [0.25, 0.3) is 0 Å². The molecule has 2 heterocycles. The summed E-state index contributed by atoms with van der Waals surface area (Å²) in [4.78, 5) is 36.0. The number of nitrogens with zero attached hydrogens (tertiary/aromatic N) is 1. The molecule has 0 spiro atoms. The second-order valence-electron chi connectivity index (χ2n) is 5.89. The van der Waals surface area contributed by atoms with E-state index in [2.05, 4.69) is 19.1 Å². The summed E-state index contributed by atoms with van der Waals surface area (Å²) < 4.78 is 5.46. The molecule has 0 unspecified atom stereocenters. The number of esters is 1. The summed E-state index contributed by atoms with van der Waals surface area (Å²) in [6, 6.07) is 0. The van der Waals surface area contributed by atoms with Crippen LogP contribution in [0.15, 0.2) is 24.3 Å². The first-order valence-corrected chi connectivity index (χ1v) is 7.51. The number of ether oxygens (including phenoxy) is 1. The summed E-state index contributed by atoms with van der Waals surface area (Å²) in [5.74, 6) is 0.0169. The normalized spacial score (nSPS) is 34.5. The van der Waals surface area contributed by atoms with Crippen molar-refractivity contribution in [1.29, 1.82) is 0 Å². The lowest BCUT2D eigenvalue weighted by Crippen LogP contribution is -2.36. The van der Waals surface area contributed by atoms with Crippen LogP contribution in [0.3, 0.4) is 0 Å². The van der Waals surface area contributed by atoms with Crippen LogP contribution in [0, 0.1) is 17.8 Å². The maximum absolute atomic E-state index is 11.6. The number of fused-ring (bicyclic) bond motifs is 1. The summed E-state index contributed by atoms with van der Waals surface area (Å²) in [5.41, 5.74) is 0. The Bertz CT molecular complexity index is 518. The van der Waals surface area contributed by atoms with E-state index in [9.17, 15) is 14.4 Å². The Morgan fingerprint density at radius 1 is 1.14 bits per heavy atom. The van der Waals surface area contributed by atoms with E-state index in [0.29, 0.717) is 19.4 Å². The smallest absolute Gasteiger partial charge is 0.306 e. The first-order chi connectivity index (χ1) is 10.1. The fraction of sp³-hybridized carbons (Fsp3) is 0.562. The predicted octanol–water partition coefficient (Wildman–Crippen LogP) is 1.45. The number of hydrogen-bond donors (Lipinski definition) is 0. The highest BCUT2D eigenvalue weighted by Crippen LogP contribution is 2.41. The monoisotopic (exact) mass is 289 g/mol. The summed E-state index contributed by atoms with van der Waals surface area (Å²) in [6.07, 6.45) is 8.89. The molecule has 112 valence electrons. The number of amides is 2. The zero-order valence-corrected chi connectivity index (χ0v) is 12.0. The highest BCUT2D eigenvalue weighted by Gasteiger charge is 2.44. The zero-order valence-electron chi connectivity index (χ0n) is 12.0. The van der Waals surface area contributed by atoms with Gasteiger partial charge in [-0.3, -0.25) is 19.3 Å². The molecule has 5 nitrogen and oxygen atoms in total. The first kappa shape index (κ1) is 14.0. The van der Waals surface area contributed by atoms with Crippen molar-refractivity contribution in [2.45, 2.75) is 32.3 Å². The van der Waals surface area contributed by atoms with Gasteiger partial charge >= 0.3 is 5.97 Å². The van der Waals surface area contributed by atoms with Gasteiger partial charge in [-0.1, -0.05) is 19.1 Å². The van der Waals surface area contributed by atoms with Gasteiger partial charge in [0.2, 0.25) is 0 Å². The second kappa shape index (κ2) is 5.47. The van der Waals surface area contributed by atoms with Crippen molar-refractivity contribution in [3.8, 4) is 0 Å². The number of carbonyl (C=O) groups excluding carboxylic acids is 3. The van der Waals surface area contributed by atoms with Gasteiger partial charge in [0.1, 0.15) is 6.10 Å². The van der Waals surface area contributed by atoms with Crippen LogP contribution in [-0.4, -0.2) is 35.3 Å². The summed E-state index contributed by atoms with van der Waals surface area (Å²) in [6.45, 7) is 2.49. The van der Waals surface area contributed by atoms with E-state index in [-0.39, 0.29) is 41.6 Å². The molecule has 2 aliphatic heterocycles. The predicted molar refractivity (Wildman–Crippen MR) is 74.9 cm³/mol. The van der Waals surface area contributed by atoms with Crippen molar-refractivity contribution in [2.75, 3.05) is 6.54 Å². The fourth-order valence-electron chi connectivity index (χ4n) is 3.54. The van der Waals surface area contributed by atoms with E-state index in [1.807, 2.05) is 0 Å². The fourth-order valence-corrected chi connectivity index (χ4v) is 3.54. The Hall–Kier alpha value is -1.91. The molecule has 1 saturated heterocycles. The molecule has 0 aromatic rings. The van der Waals surface area contributed by atoms with Crippen LogP contribution in [-0.2, 0) is 19.1 Å². The Morgan fingerprint density at radius 2 is 1.81 bits per heavy atom. The summed E-state index contributed by atoms with van der Waals surface area (Å²) in [7, 11) is 0. The van der Waals surface area contributed by atoms with E-state index in [0.717, 1.165) is 6.42 Å². The number of allylic oxidation sites excluding steroid dienone is 1. The Kier molecular flexibility index (Phi) is 3.66. The maximum atomic E-state index is 11.6. The van der Waals surface area contributed by atoms with Gasteiger partial charge in [-0.2, -0.15) is 0 Å². The van der Waals surface area contributed by atoms with E-state index in [1.165, 1.54) is 17.1 Å². The molecule has 0 bridgehead atoms. The van der Waals surface area contributed by atoms with Crippen molar-refractivity contribution in [3.63, 3.8) is 0 Å². The lowest BCUT2D eigenvalue weighted by molar-refractivity contribution is -0.143. The highest BCUT2D eigenvalue weighted by molar-refractivity contribution is 6.12. The minimum atomic E-state index is -0.249. The molecular weight excluding hydrogens is 270 g/mol. The summed E-state index contributed by atoms with van der Waals surface area (Å²) in [5, 5.41) is 0. The third kappa shape index (κ3) is 2.52. The quantitative estimate of drug-likeness (QED) is 0.446. The second-order valence-corrected chi connectivity index (χ2v) is 5.89. The molecule has 0 saturated carbocycles. The molecule has 0 radical (unpaired) electrons. The molecule has 0 N–H and O–H groups in total. The van der Waals surface area contributed by atoms with E-state index < -0.39 is 0 Å². The molecule has 0 aromatic carbocycles. The molecule has 1 aliphatic carbocycles. The average molecular weight is 289 g/mol. The molecule has 4 atom stereocenters. The average Bonchev–Trinajstić information content (AvgIpc) is 3.00. The van der Waals surface area contributed by atoms with Gasteiger partial charge in [0.05, 0.1) is 6.42 Å². The number of carbonyl (C=O) groups is 3. The molecule has 1 fully saturated rings. The van der Waals surface area contributed by atoms with Crippen LogP contribution in [0.1, 0.15) is 26.2 Å². The van der Waals surface area contributed by atoms with Crippen LogP contribution in [0.2, 0.25) is 0 Å². The van der Waals surface area contributed by atoms with Crippen molar-refractivity contribution in [2.24, 2.45) is 17.8 Å². The zero-order chi connectivity index (χ0) is 15.0. The molecule has 3 rings (SSSR count). The molecule has 2 amide bonds. The van der Waals surface area contributed by atoms with E-state index in [1.54, 1.807) is 0 Å². The lowest BCUT2D eigenvalue weighted by atomic mass is 9.74. The standard InChI is InChI=1S/C16H19NO4/c1-2-10-3-4-11(12-9-15(20)21-16(10)12)7-8-17-13(18)5-6-14(17)19/h3-6,10-12,16H,2,7-9H2,1H3/t10-,11+,12+,16-/m1/s1. The third-order valence-electron chi connectivity index (χ3n) is 4.73. The van der Waals surface area contributed by atoms with Crippen LogP contribution >= 0.6 is 0 Å². The van der Waals surface area contributed by atoms with Gasteiger partial charge in [-0.05, 0) is 18.8 Å². The van der Waals surface area contributed by atoms with Gasteiger partial charge in [0, 0.05) is 30.5 Å². The Morgan fingerprint density at radius 3 is 2.48 bits per heavy atom. The van der Waals surface area contributed by atoms with Crippen LogP contribution in [0.4, 0.5) is 0 Å². The highest BCUT2D eigenvalue weighted by atomic mass is 16.6. The van der Waals surface area contributed by atoms with Gasteiger partial charge in [0.25, 0.3) is 11.8 Å². The van der Waals surface area contributed by atoms with Crippen molar-refractivity contribution >= 4 is 17.8 Å². The minimum Gasteiger partial charge on any atom is -0.461 e. The SMILES string of the molecule is CC[C@@H]1C=C[C@@H](CCN2C(=O)C=CC2=O)[C@@H]2CC(=O)O[C@@H]21. The van der Waals surface area contributed by atoms with Gasteiger partial charge in [-0.25, -0.2) is 0 Å². The molecule has 21 heavy (non-hydrogen) atoms. The largest absolute Gasteiger partial charge is 0.461 e. The Balaban J connectivity index is 1.67. The third-order valence-corrected chi connectivity index (χ3v) is 4.73. The molecule has 3 aliphatic rings. The summed E-state index contributed by atoms with van der Waals surface area (Å²) >= 11 is 0. The van der Waals surface area contributed by atoms with Gasteiger partial charge < -0.3 is 4.74 Å². The Labute approximate surface area is 123 Å². The van der Waals surface area contributed by atoms with Crippen LogP contribution in [0.5, 0.6) is 0 Å². The molecule has 5 heteroatoms. The molecular formula is C16H19NO4. The van der Waals surface area contributed by atoms with Gasteiger partial charge in [0.15, 0.2) is 0 Å². The topological polar surface area (TPSA) is 63.7 Å². The number of imide groups is 1. The van der Waals surface area contributed by atoms with Gasteiger partial charge in [-0.15, -0.1) is 0 Å². The van der Waals surface area contributed by atoms with E-state index >= 15 is 0 Å². The van der Waals surface area contributed by atoms with Crippen molar-refractivity contribution in [3.05, 3.63) is 24.3 Å². The minimum absolute atomic E-state index is 0.0411. The van der Waals surface area contributed by atoms with E-state index in [4.69, 9.17) is 4.74 Å². The molecule has 0 aromatic heterocycles. The van der Waals surface area contributed by atoms with Crippen molar-refractivity contribution in [1.82, 2.24) is 4.90 Å². The number of rotatable bonds is 4. The first-order valence-electron chi connectivity index (χ1n) is 7.51. The van der Waals surface area contributed by atoms with Crippen LogP contribution < -0.4 is 0 Å². The maximum Gasteiger partial charge on any atom is 0.306 e. The number of hydrogen-bond acceptors (Lipinski definition) is 4.